The van der Waals surface area contributed by atoms with Gasteiger partial charge in [-0.25, -0.2) is 4.98 Å². The summed E-state index contributed by atoms with van der Waals surface area (Å²) in [6, 6.07) is 0. The van der Waals surface area contributed by atoms with Gasteiger partial charge in [0.05, 0.1) is 6.61 Å². The van der Waals surface area contributed by atoms with E-state index in [1.807, 2.05) is 0 Å². The van der Waals surface area contributed by atoms with Gasteiger partial charge in [-0.2, -0.15) is 0 Å². The molecule has 118 valence electrons. The van der Waals surface area contributed by atoms with Crippen LogP contribution in [-0.4, -0.2) is 54.6 Å². The van der Waals surface area contributed by atoms with Gasteiger partial charge in [-0.05, 0) is 0 Å². The third-order valence-corrected chi connectivity index (χ3v) is 3.84. The van der Waals surface area contributed by atoms with Crippen LogP contribution in [0.3, 0.4) is 0 Å². The van der Waals surface area contributed by atoms with Gasteiger partial charge in [0.25, 0.3) is 11.5 Å². The summed E-state index contributed by atoms with van der Waals surface area (Å²) in [6.07, 6.45) is 1.36. The second kappa shape index (κ2) is 9.04. The Kier molecular flexibility index (Phi) is 7.73. The van der Waals surface area contributed by atoms with Gasteiger partial charge < -0.3 is 15.4 Å². The van der Waals surface area contributed by atoms with Gasteiger partial charge in [0.2, 0.25) is 0 Å². The molecule has 1 aromatic rings. The van der Waals surface area contributed by atoms with Crippen molar-refractivity contribution in [2.45, 2.75) is 11.7 Å². The number of hydrogen-bond acceptors (Lipinski definition) is 6. The lowest BCUT2D eigenvalue weighted by molar-refractivity contribution is 0.0950. The van der Waals surface area contributed by atoms with Crippen LogP contribution in [0.15, 0.2) is 16.1 Å². The Hall–Kier alpha value is -1.09. The van der Waals surface area contributed by atoms with Gasteiger partial charge in [-0.1, -0.05) is 11.8 Å². The molecule has 2 rings (SSSR count). The van der Waals surface area contributed by atoms with Crippen molar-refractivity contribution in [3.05, 3.63) is 22.1 Å². The van der Waals surface area contributed by atoms with Crippen LogP contribution in [0, 0.1) is 0 Å². The average Bonchev–Trinajstić information content (AvgIpc) is 2.92. The van der Waals surface area contributed by atoms with Crippen LogP contribution in [-0.2, 0) is 11.3 Å². The molecule has 0 radical (unpaired) electrons. The number of carbonyl (C=O) groups is 1. The van der Waals surface area contributed by atoms with E-state index in [4.69, 9.17) is 4.74 Å². The number of hydrogen-bond donors (Lipinski definition) is 2. The van der Waals surface area contributed by atoms with Gasteiger partial charge in [0, 0.05) is 45.2 Å². The molecule has 0 aliphatic carbocycles. The molecule has 0 atom stereocenters. The molecule has 1 amide bonds. The van der Waals surface area contributed by atoms with E-state index in [1.165, 1.54) is 18.0 Å². The summed E-state index contributed by atoms with van der Waals surface area (Å²) in [6.45, 7) is 3.06. The Balaban J connectivity index is 0.00000220. The predicted molar refractivity (Wildman–Crippen MR) is 83.5 cm³/mol. The number of carbonyl (C=O) groups excluding carboxylic acids is 1. The quantitative estimate of drug-likeness (QED) is 0.528. The predicted octanol–water partition coefficient (Wildman–Crippen LogP) is -0.263. The molecule has 9 heteroatoms. The average molecular weight is 335 g/mol. The molecule has 7 nitrogen and oxygen atoms in total. The maximum Gasteiger partial charge on any atom is 0.267 e. The first-order valence-electron chi connectivity index (χ1n) is 6.44. The smallest absolute Gasteiger partial charge is 0.267 e. The van der Waals surface area contributed by atoms with Gasteiger partial charge in [0.15, 0.2) is 5.16 Å². The number of rotatable bonds is 7. The number of methoxy groups -OCH3 is 1. The number of halogens is 1. The van der Waals surface area contributed by atoms with E-state index in [-0.39, 0.29) is 29.4 Å². The van der Waals surface area contributed by atoms with Crippen LogP contribution in [0.2, 0.25) is 0 Å². The highest BCUT2D eigenvalue weighted by atomic mass is 35.5. The maximum atomic E-state index is 12.1. The molecule has 21 heavy (non-hydrogen) atoms. The van der Waals surface area contributed by atoms with Gasteiger partial charge in [-0.15, -0.1) is 12.4 Å². The van der Waals surface area contributed by atoms with Gasteiger partial charge in [0.1, 0.15) is 5.56 Å². The van der Waals surface area contributed by atoms with E-state index in [1.54, 1.807) is 11.7 Å². The summed E-state index contributed by atoms with van der Waals surface area (Å²) in [5.41, 5.74) is -0.155. The minimum Gasteiger partial charge on any atom is -0.383 e. The summed E-state index contributed by atoms with van der Waals surface area (Å²) in [4.78, 5) is 28.2. The third-order valence-electron chi connectivity index (χ3n) is 2.87. The van der Waals surface area contributed by atoms with Crippen molar-refractivity contribution in [1.82, 2.24) is 20.2 Å². The van der Waals surface area contributed by atoms with Crippen LogP contribution in [0.4, 0.5) is 0 Å². The van der Waals surface area contributed by atoms with Gasteiger partial charge >= 0.3 is 0 Å². The van der Waals surface area contributed by atoms with Crippen molar-refractivity contribution in [3.8, 4) is 0 Å². The fourth-order valence-corrected chi connectivity index (χ4v) is 2.75. The fraction of sp³-hybridized carbons (Fsp3) is 0.583. The Morgan fingerprint density at radius 3 is 3.05 bits per heavy atom. The Morgan fingerprint density at radius 1 is 1.48 bits per heavy atom. The zero-order valence-corrected chi connectivity index (χ0v) is 13.4. The van der Waals surface area contributed by atoms with Crippen LogP contribution in [0.25, 0.3) is 0 Å². The molecule has 0 fully saturated rings. The first kappa shape index (κ1) is 18.0. The highest BCUT2D eigenvalue weighted by Crippen LogP contribution is 2.20. The molecule has 1 aromatic heterocycles. The summed E-state index contributed by atoms with van der Waals surface area (Å²) >= 11 is 1.53. The molecule has 2 N–H and O–H groups in total. The van der Waals surface area contributed by atoms with Crippen LogP contribution < -0.4 is 16.2 Å². The van der Waals surface area contributed by atoms with E-state index in [2.05, 4.69) is 15.6 Å². The Bertz CT molecular complexity index is 538. The van der Waals surface area contributed by atoms with E-state index in [0.717, 1.165) is 12.3 Å². The van der Waals surface area contributed by atoms with Crippen molar-refractivity contribution in [3.63, 3.8) is 0 Å². The molecular formula is C12H19ClN4O3S. The second-order valence-electron chi connectivity index (χ2n) is 4.26. The topological polar surface area (TPSA) is 85.2 Å². The van der Waals surface area contributed by atoms with Crippen molar-refractivity contribution in [2.24, 2.45) is 0 Å². The first-order chi connectivity index (χ1) is 9.74. The molecule has 0 aromatic carbocycles. The number of thioether (sulfide) groups is 1. The van der Waals surface area contributed by atoms with Crippen LogP contribution in [0.1, 0.15) is 10.4 Å². The zero-order valence-electron chi connectivity index (χ0n) is 11.8. The summed E-state index contributed by atoms with van der Waals surface area (Å²) in [7, 11) is 1.63. The molecule has 0 spiro atoms. The molecular weight excluding hydrogens is 316 g/mol. The zero-order chi connectivity index (χ0) is 14.4. The fourth-order valence-electron chi connectivity index (χ4n) is 1.83. The number of nitrogens with one attached hydrogen (secondary N) is 2. The highest BCUT2D eigenvalue weighted by Gasteiger charge is 2.19. The number of aromatic nitrogens is 2. The number of amides is 1. The summed E-state index contributed by atoms with van der Waals surface area (Å²) in [5.74, 6) is 0.458. The normalized spacial score (nSPS) is 12.6. The lowest BCUT2D eigenvalue weighted by atomic mass is 10.3. The molecule has 1 aliphatic heterocycles. The van der Waals surface area contributed by atoms with Crippen molar-refractivity contribution < 1.29 is 9.53 Å². The Labute approximate surface area is 133 Å². The van der Waals surface area contributed by atoms with Gasteiger partial charge in [-0.3, -0.25) is 14.2 Å². The molecule has 1 aliphatic rings. The van der Waals surface area contributed by atoms with Crippen molar-refractivity contribution in [1.29, 1.82) is 0 Å². The number of ether oxygens (including phenoxy) is 1. The molecule has 0 saturated carbocycles. The first-order valence-corrected chi connectivity index (χ1v) is 7.43. The monoisotopic (exact) mass is 334 g/mol. The lowest BCUT2D eigenvalue weighted by Crippen LogP contribution is -2.37. The minimum atomic E-state index is -0.372. The third kappa shape index (κ3) is 4.70. The largest absolute Gasteiger partial charge is 0.383 e. The summed E-state index contributed by atoms with van der Waals surface area (Å²) in [5, 5.41) is 6.50. The SMILES string of the molecule is COCCNCCNC(=O)c1cnc2n(c1=O)CCS2.Cl. The second-order valence-corrected chi connectivity index (χ2v) is 5.32. The summed E-state index contributed by atoms with van der Waals surface area (Å²) < 4.78 is 6.45. The van der Waals surface area contributed by atoms with Crippen LogP contribution >= 0.6 is 24.2 Å². The molecule has 0 unspecified atom stereocenters. The standard InChI is InChI=1S/C12H18N4O3S.ClH/c1-19-6-4-13-2-3-14-10(17)9-8-15-12-16(11(9)18)5-7-20-12;/h8,13H,2-7H2,1H3,(H,14,17);1H. The van der Waals surface area contributed by atoms with Crippen molar-refractivity contribution in [2.75, 3.05) is 39.1 Å². The van der Waals surface area contributed by atoms with E-state index >= 15 is 0 Å². The van der Waals surface area contributed by atoms with E-state index < -0.39 is 0 Å². The van der Waals surface area contributed by atoms with E-state index in [0.29, 0.717) is 31.4 Å². The lowest BCUT2D eigenvalue weighted by Gasteiger charge is -2.07. The Morgan fingerprint density at radius 2 is 2.29 bits per heavy atom. The number of fused-ring (bicyclic) bond motifs is 1. The molecule has 0 saturated heterocycles. The maximum absolute atomic E-state index is 12.1. The minimum absolute atomic E-state index is 0. The van der Waals surface area contributed by atoms with Crippen LogP contribution in [0.5, 0.6) is 0 Å². The highest BCUT2D eigenvalue weighted by molar-refractivity contribution is 7.99. The molecule has 0 bridgehead atoms. The molecule has 2 heterocycles. The van der Waals surface area contributed by atoms with E-state index in [9.17, 15) is 9.59 Å². The number of nitrogens with zero attached hydrogens (tertiary/aromatic N) is 2. The van der Waals surface area contributed by atoms with Crippen molar-refractivity contribution >= 4 is 30.1 Å².